The van der Waals surface area contributed by atoms with E-state index in [1.54, 1.807) is 24.3 Å². The number of nitrogens with zero attached hydrogens (tertiary/aromatic N) is 1. The Labute approximate surface area is 197 Å². The summed E-state index contributed by atoms with van der Waals surface area (Å²) in [5.41, 5.74) is 1.19. The van der Waals surface area contributed by atoms with Crippen LogP contribution < -0.4 is 19.1 Å². The van der Waals surface area contributed by atoms with Crippen LogP contribution in [0.25, 0.3) is 0 Å². The topological polar surface area (TPSA) is 84.9 Å². The summed E-state index contributed by atoms with van der Waals surface area (Å²) in [5.74, 6) is 1.14. The van der Waals surface area contributed by atoms with Gasteiger partial charge in [0.15, 0.2) is 6.10 Å². The van der Waals surface area contributed by atoms with Crippen molar-refractivity contribution in [3.8, 4) is 11.5 Å². The number of anilines is 1. The molecule has 180 valence electrons. The fraction of sp³-hybridized carbons (Fsp3) is 0.480. The molecule has 2 aromatic carbocycles. The van der Waals surface area contributed by atoms with E-state index in [-0.39, 0.29) is 17.6 Å². The lowest BCUT2D eigenvalue weighted by Crippen LogP contribution is -2.47. The predicted octanol–water partition coefficient (Wildman–Crippen LogP) is 4.44. The molecule has 1 amide bonds. The van der Waals surface area contributed by atoms with Crippen molar-refractivity contribution in [2.45, 2.75) is 64.2 Å². The number of fused-ring (bicyclic) bond motifs is 1. The maximum Gasteiger partial charge on any atom is 0.261 e. The van der Waals surface area contributed by atoms with Gasteiger partial charge in [0.1, 0.15) is 17.1 Å². The van der Waals surface area contributed by atoms with Crippen molar-refractivity contribution in [2.75, 3.05) is 17.6 Å². The van der Waals surface area contributed by atoms with Crippen LogP contribution >= 0.6 is 0 Å². The Kier molecular flexibility index (Phi) is 7.57. The Morgan fingerprint density at radius 1 is 1.15 bits per heavy atom. The molecular weight excluding hydrogens is 440 g/mol. The highest BCUT2D eigenvalue weighted by molar-refractivity contribution is 7.92. The third kappa shape index (κ3) is 5.61. The number of nitrogens with one attached hydrogen (secondary N) is 1. The van der Waals surface area contributed by atoms with Crippen molar-refractivity contribution >= 4 is 21.6 Å². The van der Waals surface area contributed by atoms with E-state index in [0.29, 0.717) is 24.3 Å². The van der Waals surface area contributed by atoms with Gasteiger partial charge in [0.25, 0.3) is 5.91 Å². The zero-order valence-corrected chi connectivity index (χ0v) is 20.8. The fourth-order valence-corrected chi connectivity index (χ4v) is 4.61. The van der Waals surface area contributed by atoms with Crippen LogP contribution in [0, 0.1) is 0 Å². The lowest BCUT2D eigenvalue weighted by Gasteiger charge is -2.42. The number of benzene rings is 2. The summed E-state index contributed by atoms with van der Waals surface area (Å²) in [4.78, 5) is 13.2. The maximum absolute atomic E-state index is 13.2. The molecule has 7 nitrogen and oxygen atoms in total. The zero-order valence-electron chi connectivity index (χ0n) is 20.0. The second kappa shape index (κ2) is 10.0. The molecule has 2 aromatic rings. The van der Waals surface area contributed by atoms with Crippen molar-refractivity contribution in [2.24, 2.45) is 0 Å². The smallest absolute Gasteiger partial charge is 0.261 e. The number of carbonyl (C=O) groups excluding carboxylic acids is 1. The van der Waals surface area contributed by atoms with Gasteiger partial charge in [-0.2, -0.15) is 0 Å². The average Bonchev–Trinajstić information content (AvgIpc) is 2.81. The van der Waals surface area contributed by atoms with Crippen molar-refractivity contribution < 1.29 is 22.7 Å². The van der Waals surface area contributed by atoms with Gasteiger partial charge in [0, 0.05) is 19.0 Å². The van der Waals surface area contributed by atoms with Crippen LogP contribution in [-0.2, 0) is 14.8 Å². The number of amides is 1. The van der Waals surface area contributed by atoms with Gasteiger partial charge in [-0.1, -0.05) is 39.0 Å². The third-order valence-electron chi connectivity index (χ3n) is 6.44. The van der Waals surface area contributed by atoms with Gasteiger partial charge in [-0.05, 0) is 49.6 Å². The Hall–Kier alpha value is -2.74. The molecular formula is C25H34N2O5S. The molecule has 8 heteroatoms. The molecule has 2 atom stereocenters. The van der Waals surface area contributed by atoms with Gasteiger partial charge >= 0.3 is 0 Å². The molecule has 1 heterocycles. The Morgan fingerprint density at radius 2 is 1.79 bits per heavy atom. The van der Waals surface area contributed by atoms with Gasteiger partial charge in [0.2, 0.25) is 10.0 Å². The SMILES string of the molecule is CC[C@H](Oc1ccc(N(C)S(C)(=O)=O)cc1)C(=O)N[C@H]1CC(CC)(CC)Oc2ccccc21. The quantitative estimate of drug-likeness (QED) is 0.581. The number of sulfonamides is 1. The van der Waals surface area contributed by atoms with E-state index in [1.165, 1.54) is 11.4 Å². The van der Waals surface area contributed by atoms with Crippen LogP contribution in [-0.4, -0.2) is 39.3 Å². The molecule has 0 saturated heterocycles. The second-order valence-corrected chi connectivity index (χ2v) is 10.5. The molecule has 1 aliphatic rings. The number of carbonyl (C=O) groups is 1. The number of ether oxygens (including phenoxy) is 2. The van der Waals surface area contributed by atoms with Crippen molar-refractivity contribution in [3.63, 3.8) is 0 Å². The van der Waals surface area contributed by atoms with Crippen LogP contribution in [0.4, 0.5) is 5.69 Å². The van der Waals surface area contributed by atoms with Gasteiger partial charge in [-0.3, -0.25) is 9.10 Å². The molecule has 0 fully saturated rings. The van der Waals surface area contributed by atoms with Crippen LogP contribution in [0.1, 0.15) is 58.1 Å². The first kappa shape index (κ1) is 24.9. The van der Waals surface area contributed by atoms with Crippen molar-refractivity contribution in [3.05, 3.63) is 54.1 Å². The Balaban J connectivity index is 1.74. The first-order chi connectivity index (χ1) is 15.6. The lowest BCUT2D eigenvalue weighted by molar-refractivity contribution is -0.129. The first-order valence-corrected chi connectivity index (χ1v) is 13.3. The lowest BCUT2D eigenvalue weighted by atomic mass is 9.83. The van der Waals surface area contributed by atoms with Gasteiger partial charge in [-0.25, -0.2) is 8.42 Å². The summed E-state index contributed by atoms with van der Waals surface area (Å²) in [5, 5.41) is 3.19. The number of hydrogen-bond acceptors (Lipinski definition) is 5. The predicted molar refractivity (Wildman–Crippen MR) is 130 cm³/mol. The van der Waals surface area contributed by atoms with E-state index in [2.05, 4.69) is 19.2 Å². The minimum atomic E-state index is -3.35. The summed E-state index contributed by atoms with van der Waals surface area (Å²) in [7, 11) is -1.85. The highest BCUT2D eigenvalue weighted by atomic mass is 32.2. The first-order valence-electron chi connectivity index (χ1n) is 11.4. The van der Waals surface area contributed by atoms with Gasteiger partial charge in [0.05, 0.1) is 18.0 Å². The molecule has 1 aliphatic heterocycles. The highest BCUT2D eigenvalue weighted by Gasteiger charge is 2.39. The summed E-state index contributed by atoms with van der Waals surface area (Å²) >= 11 is 0. The van der Waals surface area contributed by atoms with Crippen LogP contribution in [0.2, 0.25) is 0 Å². The summed E-state index contributed by atoms with van der Waals surface area (Å²) < 4.78 is 37.0. The van der Waals surface area contributed by atoms with E-state index in [9.17, 15) is 13.2 Å². The molecule has 0 spiro atoms. The minimum Gasteiger partial charge on any atom is -0.487 e. The highest BCUT2D eigenvalue weighted by Crippen LogP contribution is 2.42. The largest absolute Gasteiger partial charge is 0.487 e. The average molecular weight is 475 g/mol. The Morgan fingerprint density at radius 3 is 2.36 bits per heavy atom. The van der Waals surface area contributed by atoms with Crippen LogP contribution in [0.15, 0.2) is 48.5 Å². The van der Waals surface area contributed by atoms with E-state index < -0.39 is 16.1 Å². The molecule has 0 aliphatic carbocycles. The fourth-order valence-electron chi connectivity index (χ4n) is 4.11. The molecule has 0 aromatic heterocycles. The van der Waals surface area contributed by atoms with Crippen LogP contribution in [0.3, 0.4) is 0 Å². The number of para-hydroxylation sites is 1. The third-order valence-corrected chi connectivity index (χ3v) is 7.65. The van der Waals surface area contributed by atoms with Gasteiger partial charge < -0.3 is 14.8 Å². The van der Waals surface area contributed by atoms with Gasteiger partial charge in [-0.15, -0.1) is 0 Å². The van der Waals surface area contributed by atoms with E-state index in [4.69, 9.17) is 9.47 Å². The van der Waals surface area contributed by atoms with Crippen LogP contribution in [0.5, 0.6) is 11.5 Å². The summed E-state index contributed by atoms with van der Waals surface area (Å²) in [6.45, 7) is 6.12. The van der Waals surface area contributed by atoms with E-state index >= 15 is 0 Å². The standard InChI is InChI=1S/C25H34N2O5S/c1-6-22(31-19-15-13-18(14-16-19)27(4)33(5,29)30)24(28)26-21-17-25(7-2,8-3)32-23-12-10-9-11-20(21)23/h9-16,21-22H,6-8,17H2,1-5H3,(H,26,28)/t21-,22-/m0/s1. The van der Waals surface area contributed by atoms with Crippen molar-refractivity contribution in [1.82, 2.24) is 5.32 Å². The van der Waals surface area contributed by atoms with E-state index in [1.807, 2.05) is 31.2 Å². The number of rotatable bonds is 9. The zero-order chi connectivity index (χ0) is 24.2. The molecule has 0 unspecified atom stereocenters. The van der Waals surface area contributed by atoms with Crippen molar-refractivity contribution in [1.29, 1.82) is 0 Å². The minimum absolute atomic E-state index is 0.161. The molecule has 0 bridgehead atoms. The molecule has 3 rings (SSSR count). The maximum atomic E-state index is 13.2. The molecule has 0 radical (unpaired) electrons. The Bertz CT molecular complexity index is 1060. The summed E-state index contributed by atoms with van der Waals surface area (Å²) in [6.07, 6.45) is 3.38. The van der Waals surface area contributed by atoms with E-state index in [0.717, 1.165) is 30.4 Å². The monoisotopic (exact) mass is 474 g/mol. The number of hydrogen-bond donors (Lipinski definition) is 1. The molecule has 0 saturated carbocycles. The molecule has 1 N–H and O–H groups in total. The summed E-state index contributed by atoms with van der Waals surface area (Å²) in [6, 6.07) is 14.4. The second-order valence-electron chi connectivity index (χ2n) is 8.53. The normalized spacial score (nSPS) is 17.9. The molecule has 33 heavy (non-hydrogen) atoms.